The fourth-order valence-electron chi connectivity index (χ4n) is 4.41. The summed E-state index contributed by atoms with van der Waals surface area (Å²) in [5, 5.41) is 0. The third-order valence-corrected chi connectivity index (χ3v) is 5.66. The summed E-state index contributed by atoms with van der Waals surface area (Å²) < 4.78 is 2.14. The maximum absolute atomic E-state index is 4.50. The Bertz CT molecular complexity index is 667. The van der Waals surface area contributed by atoms with E-state index in [0.29, 0.717) is 5.41 Å². The zero-order valence-electron chi connectivity index (χ0n) is 14.6. The van der Waals surface area contributed by atoms with Crippen molar-refractivity contribution in [1.82, 2.24) is 24.3 Å². The van der Waals surface area contributed by atoms with Crippen molar-refractivity contribution in [1.29, 1.82) is 0 Å². The molecule has 0 aromatic carbocycles. The standard InChI is InChI=1S/C19H27N5/c1-22-12-9-21-18(22)14-24-11-7-19(16-24)6-4-10-23(15-19)13-17-5-2-3-8-20-17/h2-3,5,8-9,12H,4,6-7,10-11,13-16H2,1H3/t19-/m1/s1. The molecule has 2 fully saturated rings. The molecule has 2 aromatic rings. The van der Waals surface area contributed by atoms with Crippen LogP contribution in [0.4, 0.5) is 0 Å². The number of nitrogens with zero attached hydrogens (tertiary/aromatic N) is 5. The molecule has 0 N–H and O–H groups in total. The third-order valence-electron chi connectivity index (χ3n) is 5.66. The Morgan fingerprint density at radius 2 is 1.88 bits per heavy atom. The average molecular weight is 325 g/mol. The lowest BCUT2D eigenvalue weighted by Crippen LogP contribution is -2.44. The Hall–Kier alpha value is -1.72. The van der Waals surface area contributed by atoms with Crippen molar-refractivity contribution in [3.05, 3.63) is 48.3 Å². The van der Waals surface area contributed by atoms with Gasteiger partial charge in [-0.05, 0) is 49.9 Å². The highest BCUT2D eigenvalue weighted by Gasteiger charge is 2.41. The number of imidazole rings is 1. The van der Waals surface area contributed by atoms with Gasteiger partial charge in [-0.3, -0.25) is 14.8 Å². The lowest BCUT2D eigenvalue weighted by Gasteiger charge is -2.40. The second kappa shape index (κ2) is 6.65. The molecule has 2 aromatic heterocycles. The molecule has 2 aliphatic heterocycles. The molecule has 0 radical (unpaired) electrons. The van der Waals surface area contributed by atoms with Crippen molar-refractivity contribution in [2.75, 3.05) is 26.2 Å². The predicted octanol–water partition coefficient (Wildman–Crippen LogP) is 2.30. The summed E-state index contributed by atoms with van der Waals surface area (Å²) in [7, 11) is 2.09. The first-order chi connectivity index (χ1) is 11.7. The Balaban J connectivity index is 1.38. The molecule has 0 amide bonds. The SMILES string of the molecule is Cn1ccnc1CN1CC[C@@]2(CCCN(Cc3ccccn3)C2)C1. The molecule has 128 valence electrons. The zero-order chi connectivity index (χ0) is 16.4. The maximum Gasteiger partial charge on any atom is 0.122 e. The summed E-state index contributed by atoms with van der Waals surface area (Å²) in [6, 6.07) is 6.23. The molecule has 2 saturated heterocycles. The highest BCUT2D eigenvalue weighted by atomic mass is 15.2. The van der Waals surface area contributed by atoms with Gasteiger partial charge in [0.2, 0.25) is 0 Å². The molecule has 0 unspecified atom stereocenters. The first kappa shape index (κ1) is 15.8. The molecule has 0 saturated carbocycles. The second-order valence-corrected chi connectivity index (χ2v) is 7.55. The summed E-state index contributed by atoms with van der Waals surface area (Å²) in [4.78, 5) is 14.2. The first-order valence-electron chi connectivity index (χ1n) is 9.03. The van der Waals surface area contributed by atoms with Gasteiger partial charge in [0, 0.05) is 45.3 Å². The maximum atomic E-state index is 4.50. The molecule has 1 atom stereocenters. The topological polar surface area (TPSA) is 37.2 Å². The van der Waals surface area contributed by atoms with Crippen LogP contribution >= 0.6 is 0 Å². The van der Waals surface area contributed by atoms with Gasteiger partial charge in [0.15, 0.2) is 0 Å². The molecule has 5 nitrogen and oxygen atoms in total. The molecule has 4 rings (SSSR count). The first-order valence-corrected chi connectivity index (χ1v) is 9.03. The summed E-state index contributed by atoms with van der Waals surface area (Å²) in [5.74, 6) is 1.17. The normalized spacial score (nSPS) is 25.5. The van der Waals surface area contributed by atoms with Gasteiger partial charge in [-0.15, -0.1) is 0 Å². The largest absolute Gasteiger partial charge is 0.337 e. The van der Waals surface area contributed by atoms with E-state index >= 15 is 0 Å². The van der Waals surface area contributed by atoms with Crippen molar-refractivity contribution in [3.8, 4) is 0 Å². The number of likely N-dealkylation sites (tertiary alicyclic amines) is 2. The van der Waals surface area contributed by atoms with E-state index in [9.17, 15) is 0 Å². The second-order valence-electron chi connectivity index (χ2n) is 7.55. The van der Waals surface area contributed by atoms with Gasteiger partial charge in [-0.1, -0.05) is 6.07 Å². The summed E-state index contributed by atoms with van der Waals surface area (Å²) in [6.45, 7) is 6.79. The quantitative estimate of drug-likeness (QED) is 0.864. The minimum Gasteiger partial charge on any atom is -0.337 e. The number of pyridine rings is 1. The Morgan fingerprint density at radius 3 is 2.62 bits per heavy atom. The van der Waals surface area contributed by atoms with Crippen LogP contribution in [-0.4, -0.2) is 50.5 Å². The fraction of sp³-hybridized carbons (Fsp3) is 0.579. The van der Waals surface area contributed by atoms with Crippen LogP contribution in [0.5, 0.6) is 0 Å². The average Bonchev–Trinajstić information content (AvgIpc) is 3.16. The van der Waals surface area contributed by atoms with E-state index in [0.717, 1.165) is 13.1 Å². The van der Waals surface area contributed by atoms with Crippen LogP contribution in [0.15, 0.2) is 36.8 Å². The van der Waals surface area contributed by atoms with E-state index in [1.165, 1.54) is 57.0 Å². The summed E-state index contributed by atoms with van der Waals surface area (Å²) in [5.41, 5.74) is 1.66. The van der Waals surface area contributed by atoms with Crippen molar-refractivity contribution < 1.29 is 0 Å². The van der Waals surface area contributed by atoms with Crippen LogP contribution < -0.4 is 0 Å². The van der Waals surface area contributed by atoms with E-state index in [1.54, 1.807) is 0 Å². The monoisotopic (exact) mass is 325 g/mol. The molecular weight excluding hydrogens is 298 g/mol. The molecule has 1 spiro atoms. The number of aryl methyl sites for hydroxylation is 1. The smallest absolute Gasteiger partial charge is 0.122 e. The van der Waals surface area contributed by atoms with E-state index < -0.39 is 0 Å². The molecule has 24 heavy (non-hydrogen) atoms. The van der Waals surface area contributed by atoms with Crippen molar-refractivity contribution >= 4 is 0 Å². The van der Waals surface area contributed by atoms with Crippen LogP contribution in [0.25, 0.3) is 0 Å². The van der Waals surface area contributed by atoms with Crippen LogP contribution in [-0.2, 0) is 20.1 Å². The predicted molar refractivity (Wildman–Crippen MR) is 94.3 cm³/mol. The molecule has 2 aliphatic rings. The molecule has 0 bridgehead atoms. The van der Waals surface area contributed by atoms with Gasteiger partial charge in [0.1, 0.15) is 5.82 Å². The van der Waals surface area contributed by atoms with Crippen LogP contribution in [0, 0.1) is 5.41 Å². The molecule has 5 heteroatoms. The van der Waals surface area contributed by atoms with Gasteiger partial charge in [-0.25, -0.2) is 4.98 Å². The third kappa shape index (κ3) is 3.37. The summed E-state index contributed by atoms with van der Waals surface area (Å²) >= 11 is 0. The van der Waals surface area contributed by atoms with E-state index in [1.807, 2.05) is 24.7 Å². The van der Waals surface area contributed by atoms with Crippen molar-refractivity contribution in [2.24, 2.45) is 12.5 Å². The van der Waals surface area contributed by atoms with Crippen LogP contribution in [0.2, 0.25) is 0 Å². The van der Waals surface area contributed by atoms with Crippen molar-refractivity contribution in [2.45, 2.75) is 32.4 Å². The highest BCUT2D eigenvalue weighted by Crippen LogP contribution is 2.39. The fourth-order valence-corrected chi connectivity index (χ4v) is 4.41. The lowest BCUT2D eigenvalue weighted by atomic mass is 9.79. The Kier molecular flexibility index (Phi) is 4.37. The van der Waals surface area contributed by atoms with Gasteiger partial charge in [0.25, 0.3) is 0 Å². The van der Waals surface area contributed by atoms with E-state index in [4.69, 9.17) is 0 Å². The van der Waals surface area contributed by atoms with Gasteiger partial charge < -0.3 is 4.57 Å². The Morgan fingerprint density at radius 1 is 1.00 bits per heavy atom. The van der Waals surface area contributed by atoms with Gasteiger partial charge in [0.05, 0.1) is 12.2 Å². The van der Waals surface area contributed by atoms with Crippen LogP contribution in [0.1, 0.15) is 30.8 Å². The van der Waals surface area contributed by atoms with Gasteiger partial charge >= 0.3 is 0 Å². The minimum absolute atomic E-state index is 0.470. The zero-order valence-corrected chi connectivity index (χ0v) is 14.6. The number of rotatable bonds is 4. The van der Waals surface area contributed by atoms with Crippen molar-refractivity contribution in [3.63, 3.8) is 0 Å². The highest BCUT2D eigenvalue weighted by molar-refractivity contribution is 5.05. The minimum atomic E-state index is 0.470. The lowest BCUT2D eigenvalue weighted by molar-refractivity contribution is 0.0853. The number of hydrogen-bond donors (Lipinski definition) is 0. The molecule has 0 aliphatic carbocycles. The van der Waals surface area contributed by atoms with E-state index in [2.05, 4.69) is 43.5 Å². The number of piperidine rings is 1. The molecule has 4 heterocycles. The summed E-state index contributed by atoms with van der Waals surface area (Å²) in [6.07, 6.45) is 9.83. The van der Waals surface area contributed by atoms with Gasteiger partial charge in [-0.2, -0.15) is 0 Å². The number of hydrogen-bond acceptors (Lipinski definition) is 4. The molecular formula is C19H27N5. The van der Waals surface area contributed by atoms with E-state index in [-0.39, 0.29) is 0 Å². The number of aromatic nitrogens is 3. The Labute approximate surface area is 144 Å². The van der Waals surface area contributed by atoms with Crippen LogP contribution in [0.3, 0.4) is 0 Å².